The molecule has 0 aliphatic carbocycles. The molecule has 2 bridgehead atoms. The third kappa shape index (κ3) is 3.14. The zero-order chi connectivity index (χ0) is 18.4. The van der Waals surface area contributed by atoms with Gasteiger partial charge in [0.1, 0.15) is 11.5 Å². The first-order chi connectivity index (χ1) is 11.7. The maximum Gasteiger partial charge on any atom is 0.417 e. The predicted molar refractivity (Wildman–Crippen MR) is 77.0 cm³/mol. The molecule has 3 rings (SSSR count). The molecule has 2 aliphatic rings. The molecule has 25 heavy (non-hydrogen) atoms. The monoisotopic (exact) mass is 357 g/mol. The molecule has 11 heteroatoms. The van der Waals surface area contributed by atoms with Crippen LogP contribution < -0.4 is 5.32 Å². The van der Waals surface area contributed by atoms with Gasteiger partial charge in [-0.3, -0.25) is 20.4 Å². The van der Waals surface area contributed by atoms with Crippen molar-refractivity contribution in [1.29, 1.82) is 5.41 Å². The highest BCUT2D eigenvalue weighted by Gasteiger charge is 2.46. The number of nitrogens with zero attached hydrogens (tertiary/aromatic N) is 3. The summed E-state index contributed by atoms with van der Waals surface area (Å²) in [5.74, 6) is -1.11. The number of hydrogen-bond acceptors (Lipinski definition) is 5. The number of rotatable bonds is 2. The Morgan fingerprint density at radius 3 is 2.68 bits per heavy atom. The molecule has 8 nitrogen and oxygen atoms in total. The van der Waals surface area contributed by atoms with Gasteiger partial charge in [0.05, 0.1) is 17.6 Å². The van der Waals surface area contributed by atoms with Crippen LogP contribution in [0, 0.1) is 5.41 Å². The Bertz CT molecular complexity index is 721. The largest absolute Gasteiger partial charge is 0.417 e. The molecule has 0 spiro atoms. The Labute approximate surface area is 139 Å². The van der Waals surface area contributed by atoms with Crippen LogP contribution >= 0.6 is 0 Å². The Kier molecular flexibility index (Phi) is 4.11. The standard InChI is InChI=1S/C14H14F3N5O3/c15-14(16,17)7-1-3-9(19-5-7)12(23)20-11(18)10-4-2-8-6-21(10)13(24)22(8)25/h1,3,5,8,10,25H,2,4,6H2,(H2,18,20,23)/t8-,10+/m1/s1. The number of carbonyl (C=O) groups is 2. The number of halogens is 3. The van der Waals surface area contributed by atoms with Crippen molar-refractivity contribution < 1.29 is 28.0 Å². The summed E-state index contributed by atoms with van der Waals surface area (Å²) in [6.07, 6.45) is -3.16. The van der Waals surface area contributed by atoms with E-state index in [1.807, 2.05) is 0 Å². The fourth-order valence-corrected chi connectivity index (χ4v) is 2.92. The van der Waals surface area contributed by atoms with E-state index in [2.05, 4.69) is 10.3 Å². The SMILES string of the molecule is N=C(NC(=O)c1ccc(C(F)(F)F)cn1)[C@@H]1CC[C@@H]2CN1C(=O)N2O. The Balaban J connectivity index is 1.67. The van der Waals surface area contributed by atoms with Gasteiger partial charge in [0, 0.05) is 12.7 Å². The second kappa shape index (κ2) is 5.99. The Morgan fingerprint density at radius 2 is 2.08 bits per heavy atom. The van der Waals surface area contributed by atoms with E-state index in [0.29, 0.717) is 24.1 Å². The van der Waals surface area contributed by atoms with Crippen molar-refractivity contribution in [1.82, 2.24) is 20.3 Å². The number of pyridine rings is 1. The van der Waals surface area contributed by atoms with Gasteiger partial charge in [-0.15, -0.1) is 0 Å². The number of hydrogen-bond donors (Lipinski definition) is 3. The first kappa shape index (κ1) is 17.1. The van der Waals surface area contributed by atoms with Gasteiger partial charge < -0.3 is 10.2 Å². The fraction of sp³-hybridized carbons (Fsp3) is 0.429. The molecule has 2 fully saturated rings. The molecule has 2 atom stereocenters. The van der Waals surface area contributed by atoms with E-state index in [1.54, 1.807) is 0 Å². The molecule has 0 saturated carbocycles. The van der Waals surface area contributed by atoms with E-state index < -0.39 is 29.7 Å². The highest BCUT2D eigenvalue weighted by Crippen LogP contribution is 2.29. The second-order valence-electron chi connectivity index (χ2n) is 5.82. The minimum Gasteiger partial charge on any atom is -0.311 e. The summed E-state index contributed by atoms with van der Waals surface area (Å²) >= 11 is 0. The summed E-state index contributed by atoms with van der Waals surface area (Å²) in [6.45, 7) is 0.247. The van der Waals surface area contributed by atoms with Gasteiger partial charge in [-0.2, -0.15) is 13.2 Å². The predicted octanol–water partition coefficient (Wildman–Crippen LogP) is 1.47. The minimum atomic E-state index is -4.56. The lowest BCUT2D eigenvalue weighted by molar-refractivity contribution is -0.137. The number of urea groups is 1. The topological polar surface area (TPSA) is 110 Å². The van der Waals surface area contributed by atoms with Crippen LogP contribution in [0.25, 0.3) is 0 Å². The molecule has 134 valence electrons. The minimum absolute atomic E-state index is 0.247. The van der Waals surface area contributed by atoms with E-state index >= 15 is 0 Å². The van der Waals surface area contributed by atoms with Crippen molar-refractivity contribution in [3.63, 3.8) is 0 Å². The molecular formula is C14H14F3N5O3. The van der Waals surface area contributed by atoms with Gasteiger partial charge in [-0.25, -0.2) is 9.86 Å². The maximum absolute atomic E-state index is 12.5. The maximum atomic E-state index is 12.5. The van der Waals surface area contributed by atoms with E-state index in [1.165, 1.54) is 4.90 Å². The quantitative estimate of drug-likeness (QED) is 0.423. The zero-order valence-corrected chi connectivity index (χ0v) is 12.7. The van der Waals surface area contributed by atoms with Crippen LogP contribution in [0.15, 0.2) is 18.3 Å². The third-order valence-corrected chi connectivity index (χ3v) is 4.25. The van der Waals surface area contributed by atoms with Crippen LogP contribution in [0.1, 0.15) is 28.9 Å². The molecule has 2 saturated heterocycles. The molecule has 0 unspecified atom stereocenters. The smallest absolute Gasteiger partial charge is 0.311 e. The van der Waals surface area contributed by atoms with Gasteiger partial charge in [-0.1, -0.05) is 0 Å². The number of amides is 3. The summed E-state index contributed by atoms with van der Waals surface area (Å²) in [7, 11) is 0. The summed E-state index contributed by atoms with van der Waals surface area (Å²) in [6, 6.07) is -0.0364. The van der Waals surface area contributed by atoms with E-state index in [0.717, 1.165) is 12.1 Å². The number of fused-ring (bicyclic) bond motifs is 2. The van der Waals surface area contributed by atoms with Crippen LogP contribution in [-0.2, 0) is 6.18 Å². The number of nitrogens with one attached hydrogen (secondary N) is 2. The zero-order valence-electron chi connectivity index (χ0n) is 12.7. The first-order valence-electron chi connectivity index (χ1n) is 7.40. The van der Waals surface area contributed by atoms with E-state index in [4.69, 9.17) is 5.41 Å². The third-order valence-electron chi connectivity index (χ3n) is 4.25. The van der Waals surface area contributed by atoms with Gasteiger partial charge in [0.25, 0.3) is 5.91 Å². The lowest BCUT2D eigenvalue weighted by Gasteiger charge is -2.30. The van der Waals surface area contributed by atoms with Crippen molar-refractivity contribution in [3.05, 3.63) is 29.6 Å². The number of carbonyl (C=O) groups excluding carboxylic acids is 2. The average Bonchev–Trinajstić information content (AvgIpc) is 2.78. The highest BCUT2D eigenvalue weighted by molar-refractivity contribution is 6.06. The number of aromatic nitrogens is 1. The number of hydroxylamine groups is 2. The van der Waals surface area contributed by atoms with Crippen molar-refractivity contribution in [2.75, 3.05) is 6.54 Å². The van der Waals surface area contributed by atoms with Crippen LogP contribution in [0.5, 0.6) is 0 Å². The van der Waals surface area contributed by atoms with Crippen LogP contribution in [-0.4, -0.2) is 56.6 Å². The van der Waals surface area contributed by atoms with Gasteiger partial charge in [-0.05, 0) is 25.0 Å². The van der Waals surface area contributed by atoms with Crippen molar-refractivity contribution in [2.24, 2.45) is 0 Å². The molecule has 0 radical (unpaired) electrons. The molecule has 2 aliphatic heterocycles. The Hall–Kier alpha value is -2.69. The van der Waals surface area contributed by atoms with E-state index in [-0.39, 0.29) is 24.1 Å². The summed E-state index contributed by atoms with van der Waals surface area (Å²) in [5.41, 5.74) is -1.26. The van der Waals surface area contributed by atoms with Gasteiger partial charge in [0.15, 0.2) is 0 Å². The molecule has 1 aromatic heterocycles. The van der Waals surface area contributed by atoms with Crippen LogP contribution in [0.4, 0.5) is 18.0 Å². The molecule has 3 amide bonds. The molecule has 3 heterocycles. The lowest BCUT2D eigenvalue weighted by Crippen LogP contribution is -2.50. The molecular weight excluding hydrogens is 343 g/mol. The lowest BCUT2D eigenvalue weighted by atomic mass is 10.00. The Morgan fingerprint density at radius 1 is 1.36 bits per heavy atom. The molecule has 0 aromatic carbocycles. The van der Waals surface area contributed by atoms with E-state index in [9.17, 15) is 28.0 Å². The van der Waals surface area contributed by atoms with Crippen LogP contribution in [0.3, 0.4) is 0 Å². The number of piperidine rings is 1. The van der Waals surface area contributed by atoms with Crippen molar-refractivity contribution >= 4 is 17.8 Å². The highest BCUT2D eigenvalue weighted by atomic mass is 19.4. The van der Waals surface area contributed by atoms with Gasteiger partial charge >= 0.3 is 12.2 Å². The summed E-state index contributed by atoms with van der Waals surface area (Å²) in [4.78, 5) is 28.6. The van der Waals surface area contributed by atoms with Crippen molar-refractivity contribution in [3.8, 4) is 0 Å². The van der Waals surface area contributed by atoms with Gasteiger partial charge in [0.2, 0.25) is 0 Å². The number of alkyl halides is 3. The molecule has 3 N–H and O–H groups in total. The molecule has 1 aromatic rings. The average molecular weight is 357 g/mol. The normalized spacial score (nSPS) is 23.0. The van der Waals surface area contributed by atoms with Crippen molar-refractivity contribution in [2.45, 2.75) is 31.1 Å². The summed E-state index contributed by atoms with van der Waals surface area (Å²) < 4.78 is 37.5. The van der Waals surface area contributed by atoms with Crippen LogP contribution in [0.2, 0.25) is 0 Å². The number of amidine groups is 1. The summed E-state index contributed by atoms with van der Waals surface area (Å²) in [5, 5.41) is 20.4. The second-order valence-corrected chi connectivity index (χ2v) is 5.82. The first-order valence-corrected chi connectivity index (χ1v) is 7.40. The fourth-order valence-electron chi connectivity index (χ4n) is 2.92.